The number of amides is 1. The van der Waals surface area contributed by atoms with Gasteiger partial charge in [-0.15, -0.1) is 0 Å². The van der Waals surface area contributed by atoms with Gasteiger partial charge in [-0.3, -0.25) is 4.79 Å². The SMILES string of the molecule is Cc1nsc(N(C)C(=O)C2(CN)CCOCC2)c1C(=O)O. The summed E-state index contributed by atoms with van der Waals surface area (Å²) in [6.07, 6.45) is 1.10. The molecule has 8 heteroatoms. The Morgan fingerprint density at radius 1 is 1.48 bits per heavy atom. The standard InChI is InChI=1S/C13H19N3O4S/c1-8-9(11(17)18)10(21-15-8)16(2)12(19)13(7-14)3-5-20-6-4-13/h3-7,14H2,1-2H3,(H,17,18). The van der Waals surface area contributed by atoms with E-state index in [1.807, 2.05) is 0 Å². The molecule has 0 aliphatic carbocycles. The maximum absolute atomic E-state index is 12.8. The number of carbonyl (C=O) groups excluding carboxylic acids is 1. The molecule has 3 N–H and O–H groups in total. The van der Waals surface area contributed by atoms with Gasteiger partial charge in [0.2, 0.25) is 5.91 Å². The zero-order chi connectivity index (χ0) is 15.6. The number of aromatic carboxylic acids is 1. The Balaban J connectivity index is 2.33. The van der Waals surface area contributed by atoms with Crippen molar-refractivity contribution < 1.29 is 19.4 Å². The lowest BCUT2D eigenvalue weighted by Gasteiger charge is -2.37. The molecule has 1 amide bonds. The maximum atomic E-state index is 12.8. The summed E-state index contributed by atoms with van der Waals surface area (Å²) < 4.78 is 9.34. The largest absolute Gasteiger partial charge is 0.478 e. The van der Waals surface area contributed by atoms with Crippen LogP contribution in [0, 0.1) is 12.3 Å². The first kappa shape index (κ1) is 15.9. The summed E-state index contributed by atoms with van der Waals surface area (Å²) in [5.41, 5.74) is 5.64. The van der Waals surface area contributed by atoms with Gasteiger partial charge in [0.25, 0.3) is 0 Å². The smallest absolute Gasteiger partial charge is 0.340 e. The van der Waals surface area contributed by atoms with E-state index >= 15 is 0 Å². The van der Waals surface area contributed by atoms with Gasteiger partial charge >= 0.3 is 5.97 Å². The minimum absolute atomic E-state index is 0.0788. The van der Waals surface area contributed by atoms with Crippen LogP contribution in [0.3, 0.4) is 0 Å². The van der Waals surface area contributed by atoms with Gasteiger partial charge < -0.3 is 20.5 Å². The van der Waals surface area contributed by atoms with Crippen LogP contribution in [0.5, 0.6) is 0 Å². The topological polar surface area (TPSA) is 106 Å². The second kappa shape index (κ2) is 6.08. The number of carbonyl (C=O) groups is 2. The molecule has 1 aliphatic heterocycles. The van der Waals surface area contributed by atoms with Crippen LogP contribution in [0.25, 0.3) is 0 Å². The Morgan fingerprint density at radius 2 is 2.10 bits per heavy atom. The van der Waals surface area contributed by atoms with Crippen molar-refractivity contribution in [2.24, 2.45) is 11.1 Å². The number of anilines is 1. The molecule has 0 bridgehead atoms. The molecule has 21 heavy (non-hydrogen) atoms. The number of nitrogens with two attached hydrogens (primary N) is 1. The fourth-order valence-electron chi connectivity index (χ4n) is 2.55. The Morgan fingerprint density at radius 3 is 2.62 bits per heavy atom. The molecule has 0 spiro atoms. The Bertz CT molecular complexity index is 552. The highest BCUT2D eigenvalue weighted by Gasteiger charge is 2.42. The number of nitrogens with zero attached hydrogens (tertiary/aromatic N) is 2. The van der Waals surface area contributed by atoms with Crippen LogP contribution in [-0.4, -0.2) is 48.2 Å². The van der Waals surface area contributed by atoms with Crippen molar-refractivity contribution in [2.45, 2.75) is 19.8 Å². The summed E-state index contributed by atoms with van der Waals surface area (Å²) in [5.74, 6) is -1.25. The summed E-state index contributed by atoms with van der Waals surface area (Å²) >= 11 is 1.02. The Labute approximate surface area is 126 Å². The van der Waals surface area contributed by atoms with E-state index < -0.39 is 11.4 Å². The number of rotatable bonds is 4. The molecular weight excluding hydrogens is 294 g/mol. The number of carboxylic acid groups (broad SMARTS) is 1. The lowest BCUT2D eigenvalue weighted by molar-refractivity contribution is -0.132. The van der Waals surface area contributed by atoms with Gasteiger partial charge in [0.15, 0.2) is 0 Å². The van der Waals surface area contributed by atoms with E-state index in [1.165, 1.54) is 4.90 Å². The van der Waals surface area contributed by atoms with Gasteiger partial charge in [-0.2, -0.15) is 4.37 Å². The molecule has 116 valence electrons. The van der Waals surface area contributed by atoms with E-state index in [9.17, 15) is 14.7 Å². The first-order valence-corrected chi connectivity index (χ1v) is 7.46. The first-order chi connectivity index (χ1) is 9.93. The number of aryl methyl sites for hydroxylation is 1. The van der Waals surface area contributed by atoms with E-state index in [0.717, 1.165) is 11.5 Å². The number of hydrogen-bond donors (Lipinski definition) is 2. The number of ether oxygens (including phenoxy) is 1. The maximum Gasteiger partial charge on any atom is 0.340 e. The van der Waals surface area contributed by atoms with Crippen LogP contribution in [0.2, 0.25) is 0 Å². The highest BCUT2D eigenvalue weighted by Crippen LogP contribution is 2.35. The summed E-state index contributed by atoms with van der Waals surface area (Å²) in [6.45, 7) is 2.82. The third kappa shape index (κ3) is 2.78. The highest BCUT2D eigenvalue weighted by molar-refractivity contribution is 7.11. The quantitative estimate of drug-likeness (QED) is 0.854. The fraction of sp³-hybridized carbons (Fsp3) is 0.615. The molecule has 0 atom stereocenters. The van der Waals surface area contributed by atoms with Crippen LogP contribution in [0.15, 0.2) is 0 Å². The highest BCUT2D eigenvalue weighted by atomic mass is 32.1. The van der Waals surface area contributed by atoms with E-state index in [0.29, 0.717) is 36.8 Å². The average Bonchev–Trinajstić information content (AvgIpc) is 2.88. The van der Waals surface area contributed by atoms with Gasteiger partial charge in [0.1, 0.15) is 10.6 Å². The van der Waals surface area contributed by atoms with E-state index in [-0.39, 0.29) is 18.0 Å². The lowest BCUT2D eigenvalue weighted by atomic mass is 9.79. The molecule has 0 unspecified atom stereocenters. The van der Waals surface area contributed by atoms with Crippen LogP contribution in [-0.2, 0) is 9.53 Å². The third-order valence-electron chi connectivity index (χ3n) is 3.96. The van der Waals surface area contributed by atoms with Gasteiger partial charge in [-0.25, -0.2) is 4.79 Å². The van der Waals surface area contributed by atoms with Crippen LogP contribution in [0.4, 0.5) is 5.00 Å². The van der Waals surface area contributed by atoms with Crippen molar-refractivity contribution in [3.05, 3.63) is 11.3 Å². The van der Waals surface area contributed by atoms with Crippen LogP contribution >= 0.6 is 11.5 Å². The van der Waals surface area contributed by atoms with Gasteiger partial charge in [0, 0.05) is 26.8 Å². The molecule has 0 saturated carbocycles. The molecule has 1 aromatic heterocycles. The van der Waals surface area contributed by atoms with E-state index in [1.54, 1.807) is 14.0 Å². The summed E-state index contributed by atoms with van der Waals surface area (Å²) in [7, 11) is 1.58. The normalized spacial score (nSPS) is 17.5. The molecule has 7 nitrogen and oxygen atoms in total. The summed E-state index contributed by atoms with van der Waals surface area (Å²) in [6, 6.07) is 0. The van der Waals surface area contributed by atoms with Crippen LogP contribution < -0.4 is 10.6 Å². The third-order valence-corrected chi connectivity index (χ3v) is 4.98. The predicted molar refractivity (Wildman–Crippen MR) is 78.8 cm³/mol. The van der Waals surface area contributed by atoms with Crippen molar-refractivity contribution in [1.82, 2.24) is 4.37 Å². The van der Waals surface area contributed by atoms with E-state index in [2.05, 4.69) is 4.37 Å². The summed E-state index contributed by atoms with van der Waals surface area (Å²) in [4.78, 5) is 25.5. The van der Waals surface area contributed by atoms with E-state index in [4.69, 9.17) is 10.5 Å². The Kier molecular flexibility index (Phi) is 4.60. The van der Waals surface area contributed by atoms with Crippen molar-refractivity contribution in [3.63, 3.8) is 0 Å². The molecule has 1 saturated heterocycles. The zero-order valence-electron chi connectivity index (χ0n) is 12.1. The van der Waals surface area contributed by atoms with Gasteiger partial charge in [0.05, 0.1) is 11.1 Å². The second-order valence-corrected chi connectivity index (χ2v) is 5.97. The van der Waals surface area contributed by atoms with Crippen molar-refractivity contribution >= 4 is 28.4 Å². The minimum Gasteiger partial charge on any atom is -0.478 e. The molecule has 2 heterocycles. The second-order valence-electron chi connectivity index (χ2n) is 5.21. The summed E-state index contributed by atoms with van der Waals surface area (Å²) in [5, 5.41) is 9.63. The molecule has 2 rings (SSSR count). The molecule has 0 radical (unpaired) electrons. The van der Waals surface area contributed by atoms with Gasteiger partial charge in [-0.1, -0.05) is 0 Å². The van der Waals surface area contributed by atoms with Crippen molar-refractivity contribution in [1.29, 1.82) is 0 Å². The average molecular weight is 313 g/mol. The molecular formula is C13H19N3O4S. The fourth-order valence-corrected chi connectivity index (χ4v) is 3.39. The van der Waals surface area contributed by atoms with Crippen molar-refractivity contribution in [3.8, 4) is 0 Å². The molecule has 1 fully saturated rings. The molecule has 1 aliphatic rings. The monoisotopic (exact) mass is 313 g/mol. The Hall–Kier alpha value is -1.51. The minimum atomic E-state index is -1.08. The van der Waals surface area contributed by atoms with Crippen molar-refractivity contribution in [2.75, 3.05) is 31.7 Å². The first-order valence-electron chi connectivity index (χ1n) is 6.68. The number of carboxylic acids is 1. The number of aromatic nitrogens is 1. The van der Waals surface area contributed by atoms with Gasteiger partial charge in [-0.05, 0) is 31.3 Å². The zero-order valence-corrected chi connectivity index (χ0v) is 12.9. The molecule has 0 aromatic carbocycles. The molecule has 1 aromatic rings. The number of hydrogen-bond acceptors (Lipinski definition) is 6. The predicted octanol–water partition coefficient (Wildman–Crippen LogP) is 0.868. The lowest BCUT2D eigenvalue weighted by Crippen LogP contribution is -2.50. The van der Waals surface area contributed by atoms with Crippen LogP contribution in [0.1, 0.15) is 28.9 Å².